The molecule has 1 saturated heterocycles. The number of pyridine rings is 1. The number of nitrogens with zero attached hydrogens (tertiary/aromatic N) is 3. The zero-order chi connectivity index (χ0) is 22.5. The van der Waals surface area contributed by atoms with Crippen molar-refractivity contribution in [2.45, 2.75) is 51.5 Å². The lowest BCUT2D eigenvalue weighted by Crippen LogP contribution is -2.51. The number of fused-ring (bicyclic) bond motifs is 1. The topological polar surface area (TPSA) is 89.0 Å². The van der Waals surface area contributed by atoms with Gasteiger partial charge in [-0.2, -0.15) is 4.31 Å². The molecule has 1 fully saturated rings. The lowest BCUT2D eigenvalue weighted by atomic mass is 10.2. The van der Waals surface area contributed by atoms with Gasteiger partial charge in [-0.05, 0) is 26.8 Å². The second kappa shape index (κ2) is 9.93. The first-order chi connectivity index (χ1) is 14.0. The predicted octanol–water partition coefficient (Wildman–Crippen LogP) is 3.96. The van der Waals surface area contributed by atoms with Crippen molar-refractivity contribution in [3.63, 3.8) is 0 Å². The van der Waals surface area contributed by atoms with Crippen LogP contribution in [0.25, 0.3) is 10.1 Å². The number of carbonyl (C=O) groups excluding carboxylic acids is 1. The summed E-state index contributed by atoms with van der Waals surface area (Å²) in [6, 6.07) is 1.68. The van der Waals surface area contributed by atoms with Crippen LogP contribution in [0, 0.1) is 0 Å². The lowest BCUT2D eigenvalue weighted by Gasteiger charge is -2.34. The number of sulfonamides is 1. The normalized spacial score (nSPS) is 15.5. The van der Waals surface area contributed by atoms with Crippen LogP contribution in [0.5, 0.6) is 5.88 Å². The van der Waals surface area contributed by atoms with Crippen LogP contribution in [0.2, 0.25) is 0 Å². The van der Waals surface area contributed by atoms with Crippen molar-refractivity contribution in [3.8, 4) is 5.88 Å². The minimum atomic E-state index is -3.67. The predicted molar refractivity (Wildman–Crippen MR) is 119 cm³/mol. The number of amides is 1. The van der Waals surface area contributed by atoms with Crippen LogP contribution >= 0.6 is 11.3 Å². The molecule has 0 unspecified atom stereocenters. The Hall–Kier alpha value is -1.91. The summed E-state index contributed by atoms with van der Waals surface area (Å²) in [5.41, 5.74) is -0.580. The molecule has 0 aromatic carbocycles. The van der Waals surface area contributed by atoms with E-state index in [1.54, 1.807) is 32.2 Å². The number of carbonyl (C=O) groups is 1. The maximum absolute atomic E-state index is 13.1. The molecule has 2 aromatic heterocycles. The number of thiophene rings is 1. The Bertz CT molecular complexity index is 958. The first-order valence-electron chi connectivity index (χ1n) is 9.93. The molecule has 1 aliphatic heterocycles. The van der Waals surface area contributed by atoms with Gasteiger partial charge in [0.1, 0.15) is 10.5 Å². The minimum Gasteiger partial charge on any atom is -0.480 e. The van der Waals surface area contributed by atoms with Crippen molar-refractivity contribution in [2.75, 3.05) is 33.3 Å². The summed E-state index contributed by atoms with van der Waals surface area (Å²) in [7, 11) is -2.17. The highest BCUT2D eigenvalue weighted by Gasteiger charge is 2.33. The molecule has 1 aliphatic rings. The SMILES string of the molecule is CCC.COc1nccc2c(S(=O)(=O)N3CCN(C(=O)OC(C)(C)C)CC3)csc12. The summed E-state index contributed by atoms with van der Waals surface area (Å²) in [5.74, 6) is 0.411. The van der Waals surface area contributed by atoms with E-state index in [4.69, 9.17) is 9.47 Å². The Balaban J connectivity index is 0.00000101. The van der Waals surface area contributed by atoms with Gasteiger partial charge in [0.25, 0.3) is 0 Å². The molecule has 1 amide bonds. The van der Waals surface area contributed by atoms with Gasteiger partial charge in [-0.3, -0.25) is 0 Å². The summed E-state index contributed by atoms with van der Waals surface area (Å²) in [6.07, 6.45) is 2.37. The molecule has 0 N–H and O–H groups in total. The van der Waals surface area contributed by atoms with Crippen LogP contribution in [0.15, 0.2) is 22.5 Å². The number of hydrogen-bond acceptors (Lipinski definition) is 7. The van der Waals surface area contributed by atoms with Gasteiger partial charge in [-0.1, -0.05) is 20.3 Å². The third-order valence-corrected chi connectivity index (χ3v) is 7.19. The molecule has 10 heteroatoms. The largest absolute Gasteiger partial charge is 0.480 e. The van der Waals surface area contributed by atoms with Gasteiger partial charge in [-0.15, -0.1) is 11.3 Å². The maximum Gasteiger partial charge on any atom is 0.410 e. The maximum atomic E-state index is 13.1. The third kappa shape index (κ3) is 5.61. The molecule has 3 rings (SSSR count). The molecular weight excluding hydrogens is 426 g/mol. The van der Waals surface area contributed by atoms with Gasteiger partial charge >= 0.3 is 6.09 Å². The van der Waals surface area contributed by atoms with Crippen LogP contribution in [0.3, 0.4) is 0 Å². The van der Waals surface area contributed by atoms with E-state index in [0.717, 1.165) is 0 Å². The minimum absolute atomic E-state index is 0.223. The van der Waals surface area contributed by atoms with Crippen LogP contribution in [-0.4, -0.2) is 67.6 Å². The molecule has 0 atom stereocenters. The van der Waals surface area contributed by atoms with Crippen molar-refractivity contribution < 1.29 is 22.7 Å². The summed E-state index contributed by atoms with van der Waals surface area (Å²) < 4.78 is 38.9. The molecule has 0 spiro atoms. The average molecular weight is 458 g/mol. The van der Waals surface area contributed by atoms with E-state index in [-0.39, 0.29) is 18.0 Å². The Morgan fingerprint density at radius 2 is 1.80 bits per heavy atom. The third-order valence-electron chi connectivity index (χ3n) is 4.12. The second-order valence-electron chi connectivity index (χ2n) is 7.88. The smallest absolute Gasteiger partial charge is 0.410 e. The Morgan fingerprint density at radius 3 is 2.33 bits per heavy atom. The number of aromatic nitrogens is 1. The number of methoxy groups -OCH3 is 1. The van der Waals surface area contributed by atoms with E-state index in [2.05, 4.69) is 18.8 Å². The van der Waals surface area contributed by atoms with Crippen LogP contribution in [0.1, 0.15) is 41.0 Å². The summed E-state index contributed by atoms with van der Waals surface area (Å²) in [4.78, 5) is 18.1. The van der Waals surface area contributed by atoms with Gasteiger partial charge in [0.05, 0.1) is 11.8 Å². The fourth-order valence-electron chi connectivity index (χ4n) is 2.83. The zero-order valence-corrected chi connectivity index (χ0v) is 20.1. The van der Waals surface area contributed by atoms with Gasteiger partial charge in [0.2, 0.25) is 15.9 Å². The van der Waals surface area contributed by atoms with E-state index < -0.39 is 21.7 Å². The van der Waals surface area contributed by atoms with Crippen molar-refractivity contribution in [1.82, 2.24) is 14.2 Å². The van der Waals surface area contributed by atoms with E-state index >= 15 is 0 Å². The van der Waals surface area contributed by atoms with Gasteiger partial charge in [-0.25, -0.2) is 18.2 Å². The number of hydrogen-bond donors (Lipinski definition) is 0. The molecular formula is C20H31N3O5S2. The molecule has 168 valence electrons. The molecule has 8 nitrogen and oxygen atoms in total. The van der Waals surface area contributed by atoms with Gasteiger partial charge in [0.15, 0.2) is 0 Å². The highest BCUT2D eigenvalue weighted by molar-refractivity contribution is 7.89. The Morgan fingerprint density at radius 1 is 1.20 bits per heavy atom. The molecule has 0 bridgehead atoms. The molecule has 0 aliphatic carbocycles. The van der Waals surface area contributed by atoms with Crippen LogP contribution in [0.4, 0.5) is 4.79 Å². The van der Waals surface area contributed by atoms with E-state index in [1.807, 2.05) is 0 Å². The van der Waals surface area contributed by atoms with Gasteiger partial charge < -0.3 is 14.4 Å². The molecule has 3 heterocycles. The zero-order valence-electron chi connectivity index (χ0n) is 18.5. The molecule has 0 saturated carbocycles. The van der Waals surface area contributed by atoms with Crippen LogP contribution in [-0.2, 0) is 14.8 Å². The van der Waals surface area contributed by atoms with E-state index in [9.17, 15) is 13.2 Å². The number of rotatable bonds is 3. The fraction of sp³-hybridized carbons (Fsp3) is 0.600. The van der Waals surface area contributed by atoms with Crippen molar-refractivity contribution >= 4 is 37.5 Å². The Labute approximate surface area is 182 Å². The summed E-state index contributed by atoms with van der Waals surface area (Å²) >= 11 is 1.29. The molecule has 2 aromatic rings. The summed E-state index contributed by atoms with van der Waals surface area (Å²) in [6.45, 7) is 10.7. The second-order valence-corrected chi connectivity index (χ2v) is 10.7. The number of piperazine rings is 1. The van der Waals surface area contributed by atoms with E-state index in [1.165, 1.54) is 40.3 Å². The van der Waals surface area contributed by atoms with Crippen molar-refractivity contribution in [3.05, 3.63) is 17.6 Å². The first kappa shape index (κ1) is 24.4. The highest BCUT2D eigenvalue weighted by Crippen LogP contribution is 2.36. The monoisotopic (exact) mass is 457 g/mol. The van der Waals surface area contributed by atoms with Crippen molar-refractivity contribution in [1.29, 1.82) is 0 Å². The quantitative estimate of drug-likeness (QED) is 0.693. The van der Waals surface area contributed by atoms with Gasteiger partial charge in [0, 0.05) is 43.1 Å². The molecule has 0 radical (unpaired) electrons. The molecule has 30 heavy (non-hydrogen) atoms. The lowest BCUT2D eigenvalue weighted by molar-refractivity contribution is 0.0192. The average Bonchev–Trinajstić information content (AvgIpc) is 3.12. The van der Waals surface area contributed by atoms with Crippen LogP contribution < -0.4 is 4.74 Å². The Kier molecular flexibility index (Phi) is 8.06. The fourth-order valence-corrected chi connectivity index (χ4v) is 5.79. The first-order valence-corrected chi connectivity index (χ1v) is 12.2. The summed E-state index contributed by atoms with van der Waals surface area (Å²) in [5, 5.41) is 2.21. The van der Waals surface area contributed by atoms with E-state index in [0.29, 0.717) is 29.1 Å². The highest BCUT2D eigenvalue weighted by atomic mass is 32.2. The standard InChI is InChI=1S/C17H23N3O5S2.C3H8/c1-17(2,3)25-16(21)19-7-9-20(10-8-19)27(22,23)13-11-26-14-12(13)5-6-18-15(14)24-4;1-3-2/h5-6,11H,7-10H2,1-4H3;3H2,1-2H3. The number of ether oxygens (including phenoxy) is 2. The van der Waals surface area contributed by atoms with Crippen molar-refractivity contribution in [2.24, 2.45) is 0 Å².